The third-order valence-corrected chi connectivity index (χ3v) is 1.65. The van der Waals surface area contributed by atoms with Crippen LogP contribution >= 0.6 is 0 Å². The van der Waals surface area contributed by atoms with Gasteiger partial charge in [0.1, 0.15) is 7.85 Å². The van der Waals surface area contributed by atoms with Crippen LogP contribution in [-0.4, -0.2) is 15.0 Å². The Morgan fingerprint density at radius 1 is 1.60 bits per heavy atom. The Labute approximate surface area is 63.2 Å². The summed E-state index contributed by atoms with van der Waals surface area (Å²) in [5, 5.41) is 0. The van der Waals surface area contributed by atoms with Crippen molar-refractivity contribution in [2.45, 2.75) is 19.3 Å². The fourth-order valence-corrected chi connectivity index (χ4v) is 1.04. The third-order valence-electron chi connectivity index (χ3n) is 1.65. The minimum Gasteiger partial charge on any atom is -0.504 e. The topological polar surface area (TPSA) is 9.23 Å². The molecule has 10 heavy (non-hydrogen) atoms. The second-order valence-electron chi connectivity index (χ2n) is 2.49. The molecule has 2 radical (unpaired) electrons. The zero-order valence-corrected chi connectivity index (χ0v) is 6.26. The van der Waals surface area contributed by atoms with E-state index in [9.17, 15) is 0 Å². The molecule has 1 nitrogen and oxygen atoms in total. The van der Waals surface area contributed by atoms with E-state index in [-0.39, 0.29) is 0 Å². The zero-order valence-electron chi connectivity index (χ0n) is 6.26. The second-order valence-corrected chi connectivity index (χ2v) is 2.49. The molecule has 0 aromatic heterocycles. The maximum atomic E-state index is 5.59. The Bertz CT molecular complexity index is 170. The number of ether oxygens (including phenoxy) is 1. The molecule has 0 bridgehead atoms. The Hall–Kier alpha value is -0.655. The molecule has 0 amide bonds. The van der Waals surface area contributed by atoms with Crippen molar-refractivity contribution in [3.63, 3.8) is 0 Å². The highest BCUT2D eigenvalue weighted by atomic mass is 16.5. The summed E-state index contributed by atoms with van der Waals surface area (Å²) in [7, 11) is 7.26. The van der Waals surface area contributed by atoms with Crippen LogP contribution in [0.25, 0.3) is 0 Å². The molecule has 0 unspecified atom stereocenters. The van der Waals surface area contributed by atoms with E-state index < -0.39 is 0 Å². The number of hydrogen-bond donors (Lipinski definition) is 0. The monoisotopic (exact) mass is 134 g/mol. The molecule has 0 aromatic carbocycles. The highest BCUT2D eigenvalue weighted by Crippen LogP contribution is 2.20. The van der Waals surface area contributed by atoms with E-state index in [1.165, 1.54) is 5.57 Å². The molecule has 0 saturated carbocycles. The molecule has 0 aromatic rings. The van der Waals surface area contributed by atoms with Crippen LogP contribution in [0.4, 0.5) is 0 Å². The molecular weight excluding hydrogens is 123 g/mol. The van der Waals surface area contributed by atoms with Crippen LogP contribution in [-0.2, 0) is 4.74 Å². The second kappa shape index (κ2) is 3.50. The first-order chi connectivity index (χ1) is 4.83. The van der Waals surface area contributed by atoms with Gasteiger partial charge < -0.3 is 4.74 Å². The van der Waals surface area contributed by atoms with Crippen LogP contribution in [0, 0.1) is 0 Å². The summed E-state index contributed by atoms with van der Waals surface area (Å²) >= 11 is 0. The van der Waals surface area contributed by atoms with Crippen molar-refractivity contribution in [1.82, 2.24) is 0 Å². The maximum Gasteiger partial charge on any atom is 0.107 e. The van der Waals surface area contributed by atoms with Gasteiger partial charge in [0.05, 0.1) is 13.4 Å². The summed E-state index contributed by atoms with van der Waals surface area (Å²) in [5.41, 5.74) is 2.34. The number of hydrogen-bond acceptors (Lipinski definition) is 1. The highest BCUT2D eigenvalue weighted by molar-refractivity contribution is 6.21. The minimum atomic E-state index is 0.958. The Morgan fingerprint density at radius 3 is 2.90 bits per heavy atom. The number of allylic oxidation sites excluding steroid dienone is 3. The molecule has 0 aliphatic heterocycles. The number of rotatable bonds is 1. The van der Waals surface area contributed by atoms with Crippen LogP contribution in [0.15, 0.2) is 23.4 Å². The molecule has 0 heterocycles. The summed E-state index contributed by atoms with van der Waals surface area (Å²) in [4.78, 5) is 0. The summed E-state index contributed by atoms with van der Waals surface area (Å²) < 4.78 is 4.88. The van der Waals surface area contributed by atoms with Crippen LogP contribution in [0.5, 0.6) is 0 Å². The highest BCUT2D eigenvalue weighted by Gasteiger charge is 2.02. The van der Waals surface area contributed by atoms with Gasteiger partial charge in [-0.2, -0.15) is 0 Å². The normalized spacial score (nSPS) is 22.5. The molecule has 1 rings (SSSR count). The SMILES string of the molecule is [B]C1=CC/C(=C/OC)CC1. The molecule has 0 fully saturated rings. The molecule has 2 heteroatoms. The van der Waals surface area contributed by atoms with Crippen molar-refractivity contribution in [3.05, 3.63) is 23.4 Å². The van der Waals surface area contributed by atoms with E-state index >= 15 is 0 Å². The van der Waals surface area contributed by atoms with Crippen molar-refractivity contribution in [1.29, 1.82) is 0 Å². The van der Waals surface area contributed by atoms with Gasteiger partial charge in [0.25, 0.3) is 0 Å². The molecular formula is C8H11BO. The summed E-state index contributed by atoms with van der Waals surface area (Å²) in [6.45, 7) is 0. The first-order valence-electron chi connectivity index (χ1n) is 3.48. The van der Waals surface area contributed by atoms with Crippen LogP contribution < -0.4 is 0 Å². The quantitative estimate of drug-likeness (QED) is 0.392. The fourth-order valence-electron chi connectivity index (χ4n) is 1.04. The van der Waals surface area contributed by atoms with Gasteiger partial charge in [0.2, 0.25) is 0 Å². The molecule has 1 aliphatic rings. The average Bonchev–Trinajstić information content (AvgIpc) is 1.95. The van der Waals surface area contributed by atoms with Crippen LogP contribution in [0.1, 0.15) is 19.3 Å². The Morgan fingerprint density at radius 2 is 2.40 bits per heavy atom. The Balaban J connectivity index is 2.49. The van der Waals surface area contributed by atoms with Gasteiger partial charge >= 0.3 is 0 Å². The van der Waals surface area contributed by atoms with Gasteiger partial charge in [-0.1, -0.05) is 6.08 Å². The van der Waals surface area contributed by atoms with Crippen molar-refractivity contribution in [2.75, 3.05) is 7.11 Å². The first kappa shape index (κ1) is 7.45. The van der Waals surface area contributed by atoms with Crippen molar-refractivity contribution in [2.24, 2.45) is 0 Å². The van der Waals surface area contributed by atoms with Gasteiger partial charge in [-0.05, 0) is 24.8 Å². The molecule has 0 N–H and O–H groups in total. The van der Waals surface area contributed by atoms with Crippen LogP contribution in [0.2, 0.25) is 0 Å². The summed E-state index contributed by atoms with van der Waals surface area (Å²) in [5.74, 6) is 0. The van der Waals surface area contributed by atoms with Crippen molar-refractivity contribution >= 4 is 7.85 Å². The smallest absolute Gasteiger partial charge is 0.107 e. The predicted octanol–water partition coefficient (Wildman–Crippen LogP) is 1.75. The van der Waals surface area contributed by atoms with Crippen molar-refractivity contribution < 1.29 is 4.74 Å². The van der Waals surface area contributed by atoms with E-state index in [0.29, 0.717) is 0 Å². The molecule has 0 spiro atoms. The lowest BCUT2D eigenvalue weighted by Gasteiger charge is -2.11. The minimum absolute atomic E-state index is 0.958. The lowest BCUT2D eigenvalue weighted by molar-refractivity contribution is 0.331. The lowest BCUT2D eigenvalue weighted by atomic mass is 9.84. The van der Waals surface area contributed by atoms with E-state index in [2.05, 4.69) is 0 Å². The largest absolute Gasteiger partial charge is 0.504 e. The average molecular weight is 134 g/mol. The lowest BCUT2D eigenvalue weighted by Crippen LogP contribution is -1.94. The summed E-state index contributed by atoms with van der Waals surface area (Å²) in [6.07, 6.45) is 6.85. The van der Waals surface area contributed by atoms with Crippen LogP contribution in [0.3, 0.4) is 0 Å². The van der Waals surface area contributed by atoms with Gasteiger partial charge in [-0.25, -0.2) is 0 Å². The number of methoxy groups -OCH3 is 1. The maximum absolute atomic E-state index is 5.59. The van der Waals surface area contributed by atoms with E-state index in [4.69, 9.17) is 12.6 Å². The predicted molar refractivity (Wildman–Crippen MR) is 42.8 cm³/mol. The summed E-state index contributed by atoms with van der Waals surface area (Å²) in [6, 6.07) is 0. The molecule has 0 saturated heterocycles. The molecule has 1 aliphatic carbocycles. The van der Waals surface area contributed by atoms with E-state index in [0.717, 1.165) is 24.7 Å². The van der Waals surface area contributed by atoms with Crippen molar-refractivity contribution in [3.8, 4) is 0 Å². The van der Waals surface area contributed by atoms with Gasteiger partial charge in [0.15, 0.2) is 0 Å². The van der Waals surface area contributed by atoms with E-state index in [1.54, 1.807) is 7.11 Å². The standard InChI is InChI=1S/C8H11BO/c1-10-6-7-2-4-8(9)5-3-7/h4,6H,2-3,5H2,1H3/b7-6-. The van der Waals surface area contributed by atoms with Gasteiger partial charge in [0, 0.05) is 0 Å². The zero-order chi connectivity index (χ0) is 7.40. The molecule has 0 atom stereocenters. The Kier molecular flexibility index (Phi) is 2.61. The molecule has 52 valence electrons. The van der Waals surface area contributed by atoms with Gasteiger partial charge in [-0.15, -0.1) is 5.47 Å². The van der Waals surface area contributed by atoms with E-state index in [1.807, 2.05) is 12.3 Å². The fraction of sp³-hybridized carbons (Fsp3) is 0.500. The third kappa shape index (κ3) is 1.94. The van der Waals surface area contributed by atoms with Gasteiger partial charge in [-0.3, -0.25) is 0 Å². The first-order valence-corrected chi connectivity index (χ1v) is 3.48.